The van der Waals surface area contributed by atoms with Gasteiger partial charge in [-0.3, -0.25) is 9.69 Å². The summed E-state index contributed by atoms with van der Waals surface area (Å²) < 4.78 is 12.9. The van der Waals surface area contributed by atoms with Crippen LogP contribution >= 0.6 is 0 Å². The number of nitrogens with zero attached hydrogens (tertiary/aromatic N) is 5. The Morgan fingerprint density at radius 3 is 2.59 bits per heavy atom. The van der Waals surface area contributed by atoms with E-state index in [-0.39, 0.29) is 11.6 Å². The van der Waals surface area contributed by atoms with Gasteiger partial charge in [0.15, 0.2) is 5.82 Å². The molecule has 1 aromatic carbocycles. The van der Waals surface area contributed by atoms with E-state index in [2.05, 4.69) is 38.4 Å². The highest BCUT2D eigenvalue weighted by Crippen LogP contribution is 2.27. The van der Waals surface area contributed by atoms with Gasteiger partial charge in [0.2, 0.25) is 0 Å². The van der Waals surface area contributed by atoms with Crippen molar-refractivity contribution in [2.45, 2.75) is 45.9 Å². The lowest BCUT2D eigenvalue weighted by atomic mass is 10.1. The Kier molecular flexibility index (Phi) is 6.09. The van der Waals surface area contributed by atoms with E-state index >= 15 is 0 Å². The Morgan fingerprint density at radius 1 is 1.06 bits per heavy atom. The summed E-state index contributed by atoms with van der Waals surface area (Å²) in [7, 11) is 0. The average molecular weight is 459 g/mol. The van der Waals surface area contributed by atoms with Crippen LogP contribution in [0.1, 0.15) is 47.9 Å². The molecule has 0 aliphatic carbocycles. The molecule has 0 saturated carbocycles. The molecule has 0 unspecified atom stereocenters. The first-order chi connectivity index (χ1) is 16.6. The molecule has 0 spiro atoms. The van der Waals surface area contributed by atoms with Crippen LogP contribution in [0.5, 0.6) is 0 Å². The Morgan fingerprint density at radius 2 is 1.85 bits per heavy atom. The summed E-state index contributed by atoms with van der Waals surface area (Å²) in [5, 5.41) is 13.5. The van der Waals surface area contributed by atoms with Crippen LogP contribution in [0.4, 0.5) is 0 Å². The molecule has 9 heteroatoms. The van der Waals surface area contributed by atoms with Gasteiger partial charge in [0.25, 0.3) is 5.56 Å². The minimum Gasteiger partial charge on any atom is -0.468 e. The second-order valence-corrected chi connectivity index (χ2v) is 8.40. The molecule has 0 amide bonds. The maximum Gasteiger partial charge on any atom is 0.252 e. The molecule has 0 bridgehead atoms. The van der Waals surface area contributed by atoms with Gasteiger partial charge in [-0.1, -0.05) is 18.6 Å². The number of pyridine rings is 1. The summed E-state index contributed by atoms with van der Waals surface area (Å²) in [5.41, 5.74) is 2.53. The fourth-order valence-corrected chi connectivity index (χ4v) is 4.30. The zero-order chi connectivity index (χ0) is 23.5. The minimum atomic E-state index is -0.150. The van der Waals surface area contributed by atoms with Crippen molar-refractivity contribution in [2.24, 2.45) is 0 Å². The summed E-state index contributed by atoms with van der Waals surface area (Å²) >= 11 is 0. The second-order valence-electron chi connectivity index (χ2n) is 8.40. The van der Waals surface area contributed by atoms with Crippen LogP contribution in [0.2, 0.25) is 0 Å². The molecule has 1 atom stereocenters. The van der Waals surface area contributed by atoms with Crippen molar-refractivity contribution in [1.82, 2.24) is 30.1 Å². The Labute approximate surface area is 196 Å². The summed E-state index contributed by atoms with van der Waals surface area (Å²) in [6.45, 7) is 5.46. The summed E-state index contributed by atoms with van der Waals surface area (Å²) in [6, 6.07) is 15.4. The Bertz CT molecular complexity index is 1420. The van der Waals surface area contributed by atoms with Gasteiger partial charge >= 0.3 is 0 Å². The number of rotatable bonds is 9. The Balaban J connectivity index is 1.51. The first kappa shape index (κ1) is 21.8. The van der Waals surface area contributed by atoms with Gasteiger partial charge in [-0.05, 0) is 71.6 Å². The number of benzene rings is 1. The molecule has 9 nitrogen and oxygen atoms in total. The van der Waals surface area contributed by atoms with Gasteiger partial charge in [-0.2, -0.15) is 0 Å². The molecule has 174 valence electrons. The molecule has 4 aromatic heterocycles. The maximum absolute atomic E-state index is 13.0. The van der Waals surface area contributed by atoms with Gasteiger partial charge in [0, 0.05) is 17.6 Å². The third-order valence-corrected chi connectivity index (χ3v) is 5.96. The van der Waals surface area contributed by atoms with Gasteiger partial charge in [-0.15, -0.1) is 5.10 Å². The van der Waals surface area contributed by atoms with Crippen LogP contribution < -0.4 is 5.56 Å². The average Bonchev–Trinajstić information content (AvgIpc) is 3.60. The molecular weight excluding hydrogens is 432 g/mol. The highest BCUT2D eigenvalue weighted by molar-refractivity contribution is 5.79. The summed E-state index contributed by atoms with van der Waals surface area (Å²) in [5.74, 6) is 2.28. The predicted molar refractivity (Wildman–Crippen MR) is 126 cm³/mol. The molecule has 0 fully saturated rings. The minimum absolute atomic E-state index is 0.106. The lowest BCUT2D eigenvalue weighted by Crippen LogP contribution is -2.32. The van der Waals surface area contributed by atoms with E-state index in [1.165, 1.54) is 0 Å². The Hall–Kier alpha value is -3.98. The van der Waals surface area contributed by atoms with E-state index in [1.807, 2.05) is 49.4 Å². The standard InChI is InChI=1S/C25H26N6O3/c1-3-23(24-27-28-29-31(24)16-21-7-5-11-34-21)30(15-20-6-4-10-33-20)14-19-13-18-12-17(2)8-9-22(18)26-25(19)32/h4-13,23H,3,14-16H2,1-2H3,(H,26,32)/t23-/m1/s1. The van der Waals surface area contributed by atoms with Crippen molar-refractivity contribution < 1.29 is 8.83 Å². The van der Waals surface area contributed by atoms with Crippen molar-refractivity contribution >= 4 is 10.9 Å². The van der Waals surface area contributed by atoms with Crippen molar-refractivity contribution in [2.75, 3.05) is 0 Å². The number of fused-ring (bicyclic) bond motifs is 1. The molecule has 4 heterocycles. The van der Waals surface area contributed by atoms with Gasteiger partial charge in [0.1, 0.15) is 18.1 Å². The first-order valence-electron chi connectivity index (χ1n) is 11.3. The third kappa shape index (κ3) is 4.55. The van der Waals surface area contributed by atoms with Crippen molar-refractivity contribution in [3.63, 3.8) is 0 Å². The number of hydrogen-bond acceptors (Lipinski definition) is 7. The molecule has 0 aliphatic rings. The zero-order valence-corrected chi connectivity index (χ0v) is 19.1. The lowest BCUT2D eigenvalue weighted by molar-refractivity contribution is 0.149. The molecule has 1 N–H and O–H groups in total. The van der Waals surface area contributed by atoms with E-state index in [9.17, 15) is 4.79 Å². The van der Waals surface area contributed by atoms with E-state index in [0.29, 0.717) is 31.0 Å². The quantitative estimate of drug-likeness (QED) is 0.353. The van der Waals surface area contributed by atoms with E-state index in [4.69, 9.17) is 8.83 Å². The zero-order valence-electron chi connectivity index (χ0n) is 19.1. The third-order valence-electron chi connectivity index (χ3n) is 5.96. The number of tetrazole rings is 1. The van der Waals surface area contributed by atoms with Crippen LogP contribution in [0.25, 0.3) is 10.9 Å². The fourth-order valence-electron chi connectivity index (χ4n) is 4.30. The normalized spacial score (nSPS) is 12.6. The molecule has 5 rings (SSSR count). The van der Waals surface area contributed by atoms with E-state index in [1.54, 1.807) is 17.2 Å². The highest BCUT2D eigenvalue weighted by Gasteiger charge is 2.27. The molecular formula is C25H26N6O3. The van der Waals surface area contributed by atoms with Gasteiger partial charge in [-0.25, -0.2) is 4.68 Å². The van der Waals surface area contributed by atoms with Crippen molar-refractivity contribution in [1.29, 1.82) is 0 Å². The fraction of sp³-hybridized carbons (Fsp3) is 0.280. The molecule has 5 aromatic rings. The number of hydrogen-bond donors (Lipinski definition) is 1. The number of nitrogens with one attached hydrogen (secondary N) is 1. The SMILES string of the molecule is CC[C@H](c1nnnn1Cc1ccco1)N(Cc1ccco1)Cc1cc2cc(C)ccc2[nH]c1=O. The highest BCUT2D eigenvalue weighted by atomic mass is 16.3. The molecule has 0 saturated heterocycles. The molecule has 0 radical (unpaired) electrons. The number of aryl methyl sites for hydroxylation is 1. The summed E-state index contributed by atoms with van der Waals surface area (Å²) in [6.07, 6.45) is 4.03. The van der Waals surface area contributed by atoms with Crippen LogP contribution in [-0.2, 0) is 19.6 Å². The lowest BCUT2D eigenvalue weighted by Gasteiger charge is -2.29. The van der Waals surface area contributed by atoms with Gasteiger partial charge < -0.3 is 13.8 Å². The number of aromatic amines is 1. The van der Waals surface area contributed by atoms with Crippen molar-refractivity contribution in [3.05, 3.63) is 99.9 Å². The predicted octanol–water partition coefficient (Wildman–Crippen LogP) is 4.21. The van der Waals surface area contributed by atoms with Crippen LogP contribution in [-0.4, -0.2) is 30.1 Å². The smallest absolute Gasteiger partial charge is 0.252 e. The van der Waals surface area contributed by atoms with Crippen LogP contribution in [0, 0.1) is 6.92 Å². The van der Waals surface area contributed by atoms with E-state index in [0.717, 1.165) is 34.4 Å². The number of furan rings is 2. The summed E-state index contributed by atoms with van der Waals surface area (Å²) in [4.78, 5) is 18.2. The maximum atomic E-state index is 13.0. The van der Waals surface area contributed by atoms with Gasteiger partial charge in [0.05, 0.1) is 25.1 Å². The topological polar surface area (TPSA) is 106 Å². The largest absolute Gasteiger partial charge is 0.468 e. The van der Waals surface area contributed by atoms with E-state index < -0.39 is 0 Å². The first-order valence-corrected chi connectivity index (χ1v) is 11.3. The van der Waals surface area contributed by atoms with Crippen molar-refractivity contribution in [3.8, 4) is 0 Å². The second kappa shape index (κ2) is 9.48. The van der Waals surface area contributed by atoms with Crippen LogP contribution in [0.15, 0.2) is 74.7 Å². The number of aromatic nitrogens is 5. The molecule has 0 aliphatic heterocycles. The molecule has 34 heavy (non-hydrogen) atoms. The van der Waals surface area contributed by atoms with Crippen LogP contribution in [0.3, 0.4) is 0 Å². The monoisotopic (exact) mass is 458 g/mol. The number of H-pyrrole nitrogens is 1.